The molecule has 1 aliphatic heterocycles. The molecule has 3 rings (SSSR count). The highest BCUT2D eigenvalue weighted by atomic mass is 32.2. The number of thiophene rings is 1. The van der Waals surface area contributed by atoms with E-state index in [-0.39, 0.29) is 23.0 Å². The van der Waals surface area contributed by atoms with E-state index < -0.39 is 15.8 Å². The summed E-state index contributed by atoms with van der Waals surface area (Å²) >= 11 is 1.25. The smallest absolute Gasteiger partial charge is 0.274 e. The summed E-state index contributed by atoms with van der Waals surface area (Å²) in [7, 11) is -3.68. The maximum Gasteiger partial charge on any atom is 0.274 e. The number of ether oxygens (including phenoxy) is 1. The molecule has 112 valence electrons. The molecule has 0 saturated carbocycles. The first-order chi connectivity index (χ1) is 10.0. The third kappa shape index (κ3) is 2.51. The van der Waals surface area contributed by atoms with Crippen LogP contribution in [0.4, 0.5) is 10.1 Å². The topological polar surface area (TPSA) is 46.6 Å². The summed E-state index contributed by atoms with van der Waals surface area (Å²) in [5.41, 5.74) is 0.257. The molecule has 0 saturated heterocycles. The highest BCUT2D eigenvalue weighted by Gasteiger charge is 2.31. The van der Waals surface area contributed by atoms with E-state index in [0.717, 1.165) is 11.3 Å². The number of hydrogen-bond acceptors (Lipinski definition) is 4. The minimum Gasteiger partial charge on any atom is -0.489 e. The van der Waals surface area contributed by atoms with Gasteiger partial charge in [0, 0.05) is 10.9 Å². The van der Waals surface area contributed by atoms with E-state index in [1.165, 1.54) is 33.8 Å². The van der Waals surface area contributed by atoms with E-state index in [0.29, 0.717) is 5.75 Å². The van der Waals surface area contributed by atoms with E-state index in [1.54, 1.807) is 6.07 Å². The fraction of sp³-hybridized carbons (Fsp3) is 0.286. The summed E-state index contributed by atoms with van der Waals surface area (Å²) in [5, 5.41) is 0. The maximum atomic E-state index is 13.4. The second-order valence-corrected chi connectivity index (χ2v) is 7.87. The summed E-state index contributed by atoms with van der Waals surface area (Å²) in [6, 6.07) is 7.33. The van der Waals surface area contributed by atoms with Gasteiger partial charge in [0.1, 0.15) is 22.4 Å². The van der Waals surface area contributed by atoms with E-state index in [9.17, 15) is 12.8 Å². The summed E-state index contributed by atoms with van der Waals surface area (Å²) < 4.78 is 45.8. The molecule has 0 aliphatic carbocycles. The Bertz CT molecular complexity index is 770. The van der Waals surface area contributed by atoms with Gasteiger partial charge in [-0.25, -0.2) is 12.8 Å². The fourth-order valence-corrected chi connectivity index (χ4v) is 5.07. The first-order valence-electron chi connectivity index (χ1n) is 6.56. The molecule has 1 aliphatic rings. The lowest BCUT2D eigenvalue weighted by molar-refractivity contribution is 0.315. The Morgan fingerprint density at radius 3 is 2.86 bits per heavy atom. The Labute approximate surface area is 126 Å². The number of rotatable bonds is 3. The molecule has 21 heavy (non-hydrogen) atoms. The van der Waals surface area contributed by atoms with Gasteiger partial charge in [-0.05, 0) is 30.7 Å². The molecule has 0 amide bonds. The normalized spacial score (nSPS) is 14.7. The lowest BCUT2D eigenvalue weighted by Crippen LogP contribution is -2.37. The van der Waals surface area contributed by atoms with Gasteiger partial charge in [0.05, 0.1) is 12.2 Å². The predicted molar refractivity (Wildman–Crippen MR) is 80.1 cm³/mol. The van der Waals surface area contributed by atoms with Crippen molar-refractivity contribution in [3.8, 4) is 5.75 Å². The molecule has 0 N–H and O–H groups in total. The van der Waals surface area contributed by atoms with E-state index in [1.807, 2.05) is 13.0 Å². The van der Waals surface area contributed by atoms with Gasteiger partial charge in [-0.15, -0.1) is 11.3 Å². The van der Waals surface area contributed by atoms with Gasteiger partial charge >= 0.3 is 0 Å². The summed E-state index contributed by atoms with van der Waals surface area (Å²) in [4.78, 5) is 1.00. The van der Waals surface area contributed by atoms with Crippen LogP contribution in [0.1, 0.15) is 11.8 Å². The Morgan fingerprint density at radius 2 is 2.14 bits per heavy atom. The van der Waals surface area contributed by atoms with Crippen molar-refractivity contribution >= 4 is 27.0 Å². The molecule has 1 aromatic carbocycles. The van der Waals surface area contributed by atoms with Crippen LogP contribution in [-0.4, -0.2) is 21.6 Å². The van der Waals surface area contributed by atoms with Crippen LogP contribution in [0.3, 0.4) is 0 Å². The Morgan fingerprint density at radius 1 is 1.33 bits per heavy atom. The molecule has 4 nitrogen and oxygen atoms in total. The van der Waals surface area contributed by atoms with Crippen LogP contribution in [0.15, 0.2) is 34.5 Å². The lowest BCUT2D eigenvalue weighted by atomic mass is 10.2. The van der Waals surface area contributed by atoms with Crippen molar-refractivity contribution in [3.63, 3.8) is 0 Å². The quantitative estimate of drug-likeness (QED) is 0.870. The van der Waals surface area contributed by atoms with E-state index in [2.05, 4.69) is 0 Å². The highest BCUT2D eigenvalue weighted by molar-refractivity contribution is 7.94. The molecule has 0 radical (unpaired) electrons. The molecular weight excluding hydrogens is 313 g/mol. The zero-order chi connectivity index (χ0) is 15.0. The van der Waals surface area contributed by atoms with Crippen LogP contribution < -0.4 is 9.04 Å². The number of anilines is 1. The average Bonchev–Trinajstić information content (AvgIpc) is 2.96. The monoisotopic (exact) mass is 327 g/mol. The molecule has 0 bridgehead atoms. The lowest BCUT2D eigenvalue weighted by Gasteiger charge is -2.29. The van der Waals surface area contributed by atoms with Crippen LogP contribution >= 0.6 is 11.3 Å². The molecule has 0 atom stereocenters. The van der Waals surface area contributed by atoms with Crippen molar-refractivity contribution in [2.75, 3.05) is 17.5 Å². The van der Waals surface area contributed by atoms with Gasteiger partial charge in [0.15, 0.2) is 0 Å². The minimum absolute atomic E-state index is 0.179. The van der Waals surface area contributed by atoms with Crippen molar-refractivity contribution in [1.82, 2.24) is 0 Å². The standard InChI is InChI=1S/C14H14FNO3S2/c1-2-11-4-6-14(20-11)21(17,18)16-7-8-19-13-5-3-10(15)9-12(13)16/h3-6,9H,2,7-8H2,1H3. The molecule has 0 spiro atoms. The first kappa shape index (κ1) is 14.3. The van der Waals surface area contributed by atoms with E-state index >= 15 is 0 Å². The number of sulfonamides is 1. The predicted octanol–water partition coefficient (Wildman–Crippen LogP) is 3.04. The van der Waals surface area contributed by atoms with Crippen LogP contribution in [0.2, 0.25) is 0 Å². The Balaban J connectivity index is 2.07. The Hall–Kier alpha value is -1.60. The third-order valence-corrected chi connectivity index (χ3v) is 6.78. The zero-order valence-electron chi connectivity index (χ0n) is 11.4. The maximum absolute atomic E-state index is 13.4. The fourth-order valence-electron chi connectivity index (χ4n) is 2.21. The summed E-state index contributed by atoms with van der Waals surface area (Å²) in [6.07, 6.45) is 0.786. The molecule has 7 heteroatoms. The van der Waals surface area contributed by atoms with Crippen molar-refractivity contribution in [1.29, 1.82) is 0 Å². The van der Waals surface area contributed by atoms with Crippen LogP contribution in [0.25, 0.3) is 0 Å². The van der Waals surface area contributed by atoms with Crippen molar-refractivity contribution in [2.24, 2.45) is 0 Å². The zero-order valence-corrected chi connectivity index (χ0v) is 13.0. The molecule has 0 fully saturated rings. The molecule has 2 heterocycles. The average molecular weight is 327 g/mol. The number of fused-ring (bicyclic) bond motifs is 1. The molecule has 0 unspecified atom stereocenters. The minimum atomic E-state index is -3.68. The number of hydrogen-bond donors (Lipinski definition) is 0. The van der Waals surface area contributed by atoms with E-state index in [4.69, 9.17) is 4.74 Å². The van der Waals surface area contributed by atoms with Crippen LogP contribution in [0, 0.1) is 5.82 Å². The largest absolute Gasteiger partial charge is 0.489 e. The molecule has 2 aromatic rings. The highest BCUT2D eigenvalue weighted by Crippen LogP contribution is 2.37. The Kier molecular flexibility index (Phi) is 3.62. The van der Waals surface area contributed by atoms with Crippen molar-refractivity contribution < 1.29 is 17.5 Å². The van der Waals surface area contributed by atoms with Crippen molar-refractivity contribution in [2.45, 2.75) is 17.6 Å². The number of nitrogens with zero attached hydrogens (tertiary/aromatic N) is 1. The SMILES string of the molecule is CCc1ccc(S(=O)(=O)N2CCOc3ccc(F)cc32)s1. The van der Waals surface area contributed by atoms with Gasteiger partial charge < -0.3 is 4.74 Å². The molecule has 1 aromatic heterocycles. The van der Waals surface area contributed by atoms with Gasteiger partial charge in [-0.3, -0.25) is 4.31 Å². The summed E-state index contributed by atoms with van der Waals surface area (Å²) in [6.45, 7) is 2.41. The number of halogens is 1. The second kappa shape index (κ2) is 5.31. The van der Waals surface area contributed by atoms with Gasteiger partial charge in [0.25, 0.3) is 10.0 Å². The van der Waals surface area contributed by atoms with Crippen LogP contribution in [-0.2, 0) is 16.4 Å². The van der Waals surface area contributed by atoms with Crippen LogP contribution in [0.5, 0.6) is 5.75 Å². The number of aryl methyl sites for hydroxylation is 1. The van der Waals surface area contributed by atoms with Gasteiger partial charge in [0.2, 0.25) is 0 Å². The molecular formula is C14H14FNO3S2. The number of benzene rings is 1. The van der Waals surface area contributed by atoms with Gasteiger partial charge in [-0.1, -0.05) is 6.92 Å². The third-order valence-electron chi connectivity index (χ3n) is 3.27. The van der Waals surface area contributed by atoms with Crippen molar-refractivity contribution in [3.05, 3.63) is 41.0 Å². The first-order valence-corrected chi connectivity index (χ1v) is 8.82. The summed E-state index contributed by atoms with van der Waals surface area (Å²) in [5.74, 6) is -0.0987. The van der Waals surface area contributed by atoms with Gasteiger partial charge in [-0.2, -0.15) is 0 Å². The second-order valence-electron chi connectivity index (χ2n) is 4.61.